The lowest BCUT2D eigenvalue weighted by Crippen LogP contribution is -1.92. The second-order valence-corrected chi connectivity index (χ2v) is 11.5. The highest BCUT2D eigenvalue weighted by Crippen LogP contribution is 2.47. The second-order valence-electron chi connectivity index (χ2n) is 11.5. The number of hydrogen-bond acceptors (Lipinski definition) is 1. The van der Waals surface area contributed by atoms with Crippen molar-refractivity contribution in [1.82, 2.24) is 0 Å². The maximum Gasteiger partial charge on any atom is 0.143 e. The van der Waals surface area contributed by atoms with Gasteiger partial charge in [-0.05, 0) is 85.3 Å². The third-order valence-electron chi connectivity index (χ3n) is 9.15. The number of rotatable bonds is 3. The van der Waals surface area contributed by atoms with Gasteiger partial charge in [0.1, 0.15) is 11.2 Å². The first-order valence-electron chi connectivity index (χ1n) is 15.1. The van der Waals surface area contributed by atoms with E-state index in [-0.39, 0.29) is 0 Å². The molecule has 1 nitrogen and oxygen atoms in total. The second kappa shape index (κ2) is 9.58. The predicted molar refractivity (Wildman–Crippen MR) is 183 cm³/mol. The highest BCUT2D eigenvalue weighted by Gasteiger charge is 2.20. The molecule has 8 aromatic rings. The molecule has 9 rings (SSSR count). The molecule has 1 aliphatic carbocycles. The first kappa shape index (κ1) is 24.2. The molecular weight excluding hydrogens is 520 g/mol. The average Bonchev–Trinajstić information content (AvgIpc) is 3.47. The first-order chi connectivity index (χ1) is 21.3. The van der Waals surface area contributed by atoms with Gasteiger partial charge in [0, 0.05) is 16.2 Å². The van der Waals surface area contributed by atoms with E-state index >= 15 is 0 Å². The fourth-order valence-corrected chi connectivity index (χ4v) is 7.19. The lowest BCUT2D eigenvalue weighted by atomic mass is 9.84. The monoisotopic (exact) mass is 548 g/mol. The van der Waals surface area contributed by atoms with E-state index < -0.39 is 0 Å². The highest BCUT2D eigenvalue weighted by molar-refractivity contribution is 6.27. The highest BCUT2D eigenvalue weighted by atomic mass is 16.3. The van der Waals surface area contributed by atoms with Crippen LogP contribution in [0.15, 0.2) is 150 Å². The fourth-order valence-electron chi connectivity index (χ4n) is 7.19. The summed E-state index contributed by atoms with van der Waals surface area (Å²) in [5.41, 5.74) is 9.59. The molecule has 1 aliphatic rings. The summed E-state index contributed by atoms with van der Waals surface area (Å²) in [5.74, 6) is 0. The zero-order chi connectivity index (χ0) is 28.3. The van der Waals surface area contributed by atoms with Crippen molar-refractivity contribution in [3.8, 4) is 22.3 Å². The molecule has 43 heavy (non-hydrogen) atoms. The molecule has 0 aliphatic heterocycles. The van der Waals surface area contributed by atoms with Gasteiger partial charge >= 0.3 is 0 Å². The van der Waals surface area contributed by atoms with E-state index in [4.69, 9.17) is 4.42 Å². The smallest absolute Gasteiger partial charge is 0.143 e. The molecule has 0 N–H and O–H groups in total. The van der Waals surface area contributed by atoms with Crippen molar-refractivity contribution in [1.29, 1.82) is 0 Å². The fraction of sp³-hybridized carbons (Fsp3) is 0.0476. The van der Waals surface area contributed by atoms with Crippen molar-refractivity contribution >= 4 is 59.8 Å². The number of furan rings is 1. The van der Waals surface area contributed by atoms with E-state index in [0.717, 1.165) is 34.8 Å². The zero-order valence-corrected chi connectivity index (χ0v) is 23.7. The van der Waals surface area contributed by atoms with Gasteiger partial charge in [-0.15, -0.1) is 0 Å². The van der Waals surface area contributed by atoms with Crippen LogP contribution in [0.25, 0.3) is 82.1 Å². The van der Waals surface area contributed by atoms with Crippen LogP contribution in [-0.2, 0) is 0 Å². The van der Waals surface area contributed by atoms with Gasteiger partial charge < -0.3 is 4.42 Å². The van der Waals surface area contributed by atoms with Gasteiger partial charge in [-0.3, -0.25) is 0 Å². The molecule has 0 fully saturated rings. The van der Waals surface area contributed by atoms with E-state index in [1.165, 1.54) is 65.7 Å². The van der Waals surface area contributed by atoms with Crippen molar-refractivity contribution < 1.29 is 4.42 Å². The predicted octanol–water partition coefficient (Wildman–Crippen LogP) is 12.1. The molecule has 0 amide bonds. The zero-order valence-electron chi connectivity index (χ0n) is 23.7. The van der Waals surface area contributed by atoms with Crippen molar-refractivity contribution in [3.63, 3.8) is 0 Å². The van der Waals surface area contributed by atoms with Gasteiger partial charge in [0.05, 0.1) is 0 Å². The molecule has 0 unspecified atom stereocenters. The third-order valence-corrected chi connectivity index (χ3v) is 9.15. The van der Waals surface area contributed by atoms with Crippen LogP contribution < -0.4 is 0 Å². The topological polar surface area (TPSA) is 13.1 Å². The van der Waals surface area contributed by atoms with Crippen LogP contribution in [0.5, 0.6) is 0 Å². The molecule has 1 aromatic heterocycles. The van der Waals surface area contributed by atoms with Crippen LogP contribution >= 0.6 is 0 Å². The van der Waals surface area contributed by atoms with Gasteiger partial charge in [-0.1, -0.05) is 133 Å². The molecule has 1 heteroatoms. The molecule has 0 saturated heterocycles. The maximum atomic E-state index is 6.60. The van der Waals surface area contributed by atoms with Crippen LogP contribution in [0.3, 0.4) is 0 Å². The summed E-state index contributed by atoms with van der Waals surface area (Å²) in [6.07, 6.45) is 8.88. The summed E-state index contributed by atoms with van der Waals surface area (Å²) in [6.45, 7) is 0. The molecule has 0 spiro atoms. The quantitative estimate of drug-likeness (QED) is 0.200. The van der Waals surface area contributed by atoms with Gasteiger partial charge in [0.2, 0.25) is 0 Å². The Hall–Kier alpha value is -5.40. The van der Waals surface area contributed by atoms with Crippen LogP contribution in [0.4, 0.5) is 0 Å². The van der Waals surface area contributed by atoms with Gasteiger partial charge in [-0.25, -0.2) is 0 Å². The van der Waals surface area contributed by atoms with Gasteiger partial charge in [0.25, 0.3) is 0 Å². The van der Waals surface area contributed by atoms with Crippen LogP contribution in [0.2, 0.25) is 0 Å². The summed E-state index contributed by atoms with van der Waals surface area (Å²) in [7, 11) is 0. The Kier molecular flexibility index (Phi) is 5.39. The molecule has 1 heterocycles. The van der Waals surface area contributed by atoms with Crippen LogP contribution in [0, 0.1) is 0 Å². The lowest BCUT2D eigenvalue weighted by Gasteiger charge is -2.18. The van der Waals surface area contributed by atoms with Gasteiger partial charge in [0.15, 0.2) is 0 Å². The molecule has 0 radical (unpaired) electrons. The normalized spacial score (nSPS) is 13.4. The SMILES string of the molecule is C1=CCCC(c2ccc(-c3c4ccccc4c(-c4cccc5oc6c7ccccc7ccc6c45)c4ccccc34)cc2)=C1. The minimum atomic E-state index is 0.920. The van der Waals surface area contributed by atoms with Crippen LogP contribution in [-0.4, -0.2) is 0 Å². The lowest BCUT2D eigenvalue weighted by molar-refractivity contribution is 0.673. The van der Waals surface area contributed by atoms with E-state index in [1.807, 2.05) is 0 Å². The van der Waals surface area contributed by atoms with E-state index in [0.29, 0.717) is 0 Å². The number of hydrogen-bond donors (Lipinski definition) is 0. The Morgan fingerprint density at radius 3 is 1.84 bits per heavy atom. The minimum Gasteiger partial charge on any atom is -0.455 e. The minimum absolute atomic E-state index is 0.920. The molecule has 0 bridgehead atoms. The number of fused-ring (bicyclic) bond motifs is 7. The van der Waals surface area contributed by atoms with E-state index in [9.17, 15) is 0 Å². The van der Waals surface area contributed by atoms with Crippen molar-refractivity contribution in [2.45, 2.75) is 12.8 Å². The number of allylic oxidation sites excluding steroid dienone is 4. The Morgan fingerprint density at radius 1 is 0.488 bits per heavy atom. The van der Waals surface area contributed by atoms with Crippen LogP contribution in [0.1, 0.15) is 18.4 Å². The Labute approximate surface area is 250 Å². The standard InChI is InChI=1S/C42H28O/c1-2-11-27(12-3-1)28-21-23-30(24-22-28)39-32-15-6-8-17-34(32)40(35-18-9-7-16-33(35)39)36-19-10-20-38-41(36)37-26-25-29-13-4-5-14-31(29)42(37)43-38/h1-2,4-11,13-26H,3,12H2. The number of benzene rings is 7. The Morgan fingerprint density at radius 2 is 1.14 bits per heavy atom. The Balaban J connectivity index is 1.35. The maximum absolute atomic E-state index is 6.60. The third kappa shape index (κ3) is 3.72. The summed E-state index contributed by atoms with van der Waals surface area (Å²) in [4.78, 5) is 0. The molecule has 202 valence electrons. The van der Waals surface area contributed by atoms with E-state index in [2.05, 4.69) is 146 Å². The summed E-state index contributed by atoms with van der Waals surface area (Å²) in [6, 6.07) is 46.4. The average molecular weight is 549 g/mol. The van der Waals surface area contributed by atoms with Gasteiger partial charge in [-0.2, -0.15) is 0 Å². The molecular formula is C42H28O. The molecule has 0 atom stereocenters. The van der Waals surface area contributed by atoms with E-state index in [1.54, 1.807) is 0 Å². The molecule has 0 saturated carbocycles. The molecule has 7 aromatic carbocycles. The Bertz CT molecular complexity index is 2380. The first-order valence-corrected chi connectivity index (χ1v) is 15.1. The van der Waals surface area contributed by atoms with Crippen molar-refractivity contribution in [3.05, 3.63) is 151 Å². The summed E-state index contributed by atoms with van der Waals surface area (Å²) >= 11 is 0. The summed E-state index contributed by atoms with van der Waals surface area (Å²) < 4.78 is 6.60. The summed E-state index contributed by atoms with van der Waals surface area (Å²) in [5, 5.41) is 9.70. The largest absolute Gasteiger partial charge is 0.455 e. The van der Waals surface area contributed by atoms with Crippen molar-refractivity contribution in [2.24, 2.45) is 0 Å². The van der Waals surface area contributed by atoms with Crippen molar-refractivity contribution in [2.75, 3.05) is 0 Å².